The normalized spacial score (nSPS) is 11.3. The zero-order valence-corrected chi connectivity index (χ0v) is 12.2. The van der Waals surface area contributed by atoms with E-state index in [0.29, 0.717) is 11.5 Å². The number of hydrogen-bond acceptors (Lipinski definition) is 4. The minimum Gasteiger partial charge on any atom is -0.508 e. The number of aromatic hydroxyl groups is 1. The molecule has 0 unspecified atom stereocenters. The first kappa shape index (κ1) is 14.7. The first-order valence-electron chi connectivity index (χ1n) is 5.82. The van der Waals surface area contributed by atoms with Crippen molar-refractivity contribution >= 4 is 21.4 Å². The number of hydrogen-bond donors (Lipinski definition) is 1. The fraction of sp³-hybridized carbons (Fsp3) is 0.143. The van der Waals surface area contributed by atoms with E-state index in [2.05, 4.69) is 6.07 Å². The van der Waals surface area contributed by atoms with Crippen LogP contribution in [0.3, 0.4) is 0 Å². The van der Waals surface area contributed by atoms with Crippen molar-refractivity contribution in [1.29, 1.82) is 0 Å². The van der Waals surface area contributed by atoms with E-state index in [9.17, 15) is 13.5 Å². The van der Waals surface area contributed by atoms with Gasteiger partial charge in [0.2, 0.25) is 0 Å². The van der Waals surface area contributed by atoms with Crippen LogP contribution < -0.4 is 4.74 Å². The van der Waals surface area contributed by atoms with E-state index in [4.69, 9.17) is 16.3 Å². The van der Waals surface area contributed by atoms with Gasteiger partial charge in [-0.3, -0.25) is 0 Å². The van der Waals surface area contributed by atoms with Crippen molar-refractivity contribution in [3.8, 4) is 17.2 Å². The third-order valence-electron chi connectivity index (χ3n) is 2.62. The van der Waals surface area contributed by atoms with Gasteiger partial charge in [0.25, 0.3) is 0 Å². The highest BCUT2D eigenvalue weighted by molar-refractivity contribution is 7.91. The van der Waals surface area contributed by atoms with Gasteiger partial charge >= 0.3 is 0 Å². The van der Waals surface area contributed by atoms with Gasteiger partial charge in [-0.25, -0.2) is 8.42 Å². The molecule has 2 aromatic carbocycles. The van der Waals surface area contributed by atoms with E-state index in [1.165, 1.54) is 36.4 Å². The van der Waals surface area contributed by atoms with Gasteiger partial charge in [0, 0.05) is 6.07 Å². The van der Waals surface area contributed by atoms with Gasteiger partial charge in [-0.1, -0.05) is 18.5 Å². The van der Waals surface area contributed by atoms with Crippen molar-refractivity contribution in [2.24, 2.45) is 0 Å². The highest BCUT2D eigenvalue weighted by atomic mass is 35.5. The van der Waals surface area contributed by atoms with Crippen LogP contribution in [0.25, 0.3) is 0 Å². The molecule has 1 N–H and O–H groups in total. The zero-order chi connectivity index (χ0) is 14.8. The molecular weight excluding hydrogens is 300 g/mol. The standard InChI is InChI=1S/C14H12ClO4S/c1-2-20(17,18)12-6-7-14(13(15)9-12)19-11-5-3-4-10(16)8-11/h4-9,16H,2H2,1H3. The van der Waals surface area contributed by atoms with E-state index in [-0.39, 0.29) is 21.4 Å². The lowest BCUT2D eigenvalue weighted by atomic mass is 10.3. The summed E-state index contributed by atoms with van der Waals surface area (Å²) in [5.41, 5.74) is 0. The molecule has 0 bridgehead atoms. The molecule has 0 fully saturated rings. The lowest BCUT2D eigenvalue weighted by Crippen LogP contribution is -2.03. The maximum atomic E-state index is 11.7. The minimum absolute atomic E-state index is 0.00501. The molecule has 6 heteroatoms. The van der Waals surface area contributed by atoms with Gasteiger partial charge in [-0.2, -0.15) is 0 Å². The van der Waals surface area contributed by atoms with Crippen LogP contribution in [0.2, 0.25) is 5.02 Å². The number of phenolic OH excluding ortho intramolecular Hbond substituents is 1. The molecule has 105 valence electrons. The Morgan fingerprint density at radius 3 is 2.65 bits per heavy atom. The Balaban J connectivity index is 2.31. The second kappa shape index (κ2) is 5.73. The van der Waals surface area contributed by atoms with Crippen LogP contribution in [0, 0.1) is 6.07 Å². The molecule has 0 saturated carbocycles. The van der Waals surface area contributed by atoms with Gasteiger partial charge in [0.05, 0.1) is 15.7 Å². The highest BCUT2D eigenvalue weighted by Crippen LogP contribution is 2.32. The Hall–Kier alpha value is -1.72. The van der Waals surface area contributed by atoms with Crippen LogP contribution in [-0.4, -0.2) is 19.3 Å². The number of benzene rings is 2. The van der Waals surface area contributed by atoms with Gasteiger partial charge in [-0.15, -0.1) is 0 Å². The molecule has 0 aromatic heterocycles. The quantitative estimate of drug-likeness (QED) is 0.939. The average Bonchev–Trinajstić information content (AvgIpc) is 2.41. The summed E-state index contributed by atoms with van der Waals surface area (Å²) in [7, 11) is -3.30. The van der Waals surface area contributed by atoms with Crippen LogP contribution in [0.4, 0.5) is 0 Å². The van der Waals surface area contributed by atoms with Gasteiger partial charge < -0.3 is 9.84 Å². The lowest BCUT2D eigenvalue weighted by Gasteiger charge is -2.09. The Bertz CT molecular complexity index is 726. The summed E-state index contributed by atoms with van der Waals surface area (Å²) in [6, 6.07) is 11.3. The molecular formula is C14H12ClO4S. The first-order chi connectivity index (χ1) is 9.42. The minimum atomic E-state index is -3.30. The second-order valence-electron chi connectivity index (χ2n) is 4.02. The van der Waals surface area contributed by atoms with E-state index in [1.807, 2.05) is 0 Å². The molecule has 0 amide bonds. The summed E-state index contributed by atoms with van der Waals surface area (Å²) in [6.07, 6.45) is 0. The molecule has 0 aliphatic rings. The predicted molar refractivity (Wildman–Crippen MR) is 76.2 cm³/mol. The number of ether oxygens (including phenoxy) is 1. The molecule has 2 aromatic rings. The first-order valence-corrected chi connectivity index (χ1v) is 7.85. The second-order valence-corrected chi connectivity index (χ2v) is 6.71. The molecule has 0 aliphatic heterocycles. The Morgan fingerprint density at radius 1 is 1.30 bits per heavy atom. The Morgan fingerprint density at radius 2 is 2.05 bits per heavy atom. The number of phenols is 1. The zero-order valence-electron chi connectivity index (χ0n) is 10.6. The van der Waals surface area contributed by atoms with Gasteiger partial charge in [-0.05, 0) is 36.4 Å². The fourth-order valence-electron chi connectivity index (χ4n) is 1.55. The molecule has 0 atom stereocenters. The maximum Gasteiger partial charge on any atom is 0.178 e. The molecule has 0 heterocycles. The van der Waals surface area contributed by atoms with Gasteiger partial charge in [0.15, 0.2) is 9.84 Å². The molecule has 0 aliphatic carbocycles. The number of sulfone groups is 1. The van der Waals surface area contributed by atoms with Crippen molar-refractivity contribution in [1.82, 2.24) is 0 Å². The monoisotopic (exact) mass is 311 g/mol. The molecule has 2 rings (SSSR count). The summed E-state index contributed by atoms with van der Waals surface area (Å²) in [6.45, 7) is 1.57. The Kier molecular flexibility index (Phi) is 4.20. The van der Waals surface area contributed by atoms with Crippen LogP contribution in [-0.2, 0) is 9.84 Å². The van der Waals surface area contributed by atoms with Crippen molar-refractivity contribution in [3.05, 3.63) is 47.5 Å². The van der Waals surface area contributed by atoms with Crippen molar-refractivity contribution in [2.75, 3.05) is 5.75 Å². The molecule has 0 saturated heterocycles. The Labute approximate surface area is 122 Å². The summed E-state index contributed by atoms with van der Waals surface area (Å²) < 4.78 is 28.9. The van der Waals surface area contributed by atoms with E-state index < -0.39 is 9.84 Å². The van der Waals surface area contributed by atoms with E-state index >= 15 is 0 Å². The third-order valence-corrected chi connectivity index (χ3v) is 4.64. The van der Waals surface area contributed by atoms with Crippen molar-refractivity contribution in [3.63, 3.8) is 0 Å². The average molecular weight is 312 g/mol. The van der Waals surface area contributed by atoms with Crippen LogP contribution in [0.5, 0.6) is 17.2 Å². The predicted octanol–water partition coefficient (Wildman–Crippen LogP) is 3.43. The highest BCUT2D eigenvalue weighted by Gasteiger charge is 2.14. The van der Waals surface area contributed by atoms with E-state index in [0.717, 1.165) is 0 Å². The van der Waals surface area contributed by atoms with Gasteiger partial charge in [0.1, 0.15) is 17.2 Å². The summed E-state index contributed by atoms with van der Waals surface area (Å²) in [5, 5.41) is 9.50. The molecule has 4 nitrogen and oxygen atoms in total. The van der Waals surface area contributed by atoms with Crippen LogP contribution in [0.15, 0.2) is 41.3 Å². The number of halogens is 1. The fourth-order valence-corrected chi connectivity index (χ4v) is 2.74. The SMILES string of the molecule is CCS(=O)(=O)c1ccc(Oc2c[c]cc(O)c2)c(Cl)c1. The largest absolute Gasteiger partial charge is 0.508 e. The van der Waals surface area contributed by atoms with Crippen molar-refractivity contribution in [2.45, 2.75) is 11.8 Å². The van der Waals surface area contributed by atoms with Crippen LogP contribution in [0.1, 0.15) is 6.92 Å². The summed E-state index contributed by atoms with van der Waals surface area (Å²) in [4.78, 5) is 0.153. The third kappa shape index (κ3) is 3.23. The maximum absolute atomic E-state index is 11.7. The molecule has 20 heavy (non-hydrogen) atoms. The summed E-state index contributed by atoms with van der Waals surface area (Å²) >= 11 is 6.02. The van der Waals surface area contributed by atoms with E-state index in [1.54, 1.807) is 6.92 Å². The molecule has 1 radical (unpaired) electrons. The number of rotatable bonds is 4. The smallest absolute Gasteiger partial charge is 0.178 e. The lowest BCUT2D eigenvalue weighted by molar-refractivity contribution is 0.455. The van der Waals surface area contributed by atoms with Crippen molar-refractivity contribution < 1.29 is 18.3 Å². The molecule has 0 spiro atoms. The topological polar surface area (TPSA) is 63.6 Å². The van der Waals surface area contributed by atoms with Crippen LogP contribution >= 0.6 is 11.6 Å². The summed E-state index contributed by atoms with van der Waals surface area (Å²) in [5.74, 6) is 0.688.